The highest BCUT2D eigenvalue weighted by molar-refractivity contribution is 7.93. The maximum Gasteiger partial charge on any atom is 0.263 e. The molecule has 1 heterocycles. The third kappa shape index (κ3) is 3.45. The standard InChI is InChI=1S/C12H12Cl2N2O2S2/c1-15-7-11-12(4-5-19-11)20(17,18)16-10-6-8(13)2-3-9(10)14/h2-6,15-16H,7H2,1H3. The minimum Gasteiger partial charge on any atom is -0.315 e. The van der Waals surface area contributed by atoms with E-state index in [1.807, 2.05) is 0 Å². The van der Waals surface area contributed by atoms with E-state index in [4.69, 9.17) is 23.2 Å². The summed E-state index contributed by atoms with van der Waals surface area (Å²) in [5.74, 6) is 0. The van der Waals surface area contributed by atoms with Crippen molar-refractivity contribution in [2.24, 2.45) is 0 Å². The van der Waals surface area contributed by atoms with Crippen LogP contribution in [0.3, 0.4) is 0 Å². The molecule has 20 heavy (non-hydrogen) atoms. The molecule has 0 unspecified atom stereocenters. The van der Waals surface area contributed by atoms with Crippen LogP contribution in [0, 0.1) is 0 Å². The first-order chi connectivity index (χ1) is 9.44. The number of anilines is 1. The van der Waals surface area contributed by atoms with Gasteiger partial charge in [-0.1, -0.05) is 23.2 Å². The average Bonchev–Trinajstić information content (AvgIpc) is 2.83. The molecule has 4 nitrogen and oxygen atoms in total. The zero-order chi connectivity index (χ0) is 14.8. The molecule has 0 saturated heterocycles. The van der Waals surface area contributed by atoms with Gasteiger partial charge in [0.05, 0.1) is 10.7 Å². The number of nitrogens with one attached hydrogen (secondary N) is 2. The first-order valence-electron chi connectivity index (χ1n) is 5.63. The van der Waals surface area contributed by atoms with Crippen molar-refractivity contribution in [2.75, 3.05) is 11.8 Å². The van der Waals surface area contributed by atoms with Crippen molar-refractivity contribution in [1.82, 2.24) is 5.32 Å². The molecule has 0 spiro atoms. The Morgan fingerprint density at radius 2 is 2.00 bits per heavy atom. The molecule has 0 atom stereocenters. The number of rotatable bonds is 5. The maximum atomic E-state index is 12.4. The van der Waals surface area contributed by atoms with E-state index in [0.29, 0.717) is 16.6 Å². The second-order valence-corrected chi connectivity index (χ2v) is 7.46. The fourth-order valence-electron chi connectivity index (χ4n) is 1.63. The predicted octanol–water partition coefficient (Wildman–Crippen LogP) is 3.58. The molecule has 0 saturated carbocycles. The van der Waals surface area contributed by atoms with Gasteiger partial charge in [-0.25, -0.2) is 8.42 Å². The van der Waals surface area contributed by atoms with Crippen LogP contribution in [0.25, 0.3) is 0 Å². The molecule has 0 aliphatic rings. The number of hydrogen-bond acceptors (Lipinski definition) is 4. The third-order valence-corrected chi connectivity index (χ3v) is 5.57. The summed E-state index contributed by atoms with van der Waals surface area (Å²) in [6.45, 7) is 0.483. The maximum absolute atomic E-state index is 12.4. The Labute approximate surface area is 131 Å². The first kappa shape index (κ1) is 15.6. The van der Waals surface area contributed by atoms with Crippen molar-refractivity contribution in [3.63, 3.8) is 0 Å². The van der Waals surface area contributed by atoms with Gasteiger partial charge in [0.2, 0.25) is 0 Å². The van der Waals surface area contributed by atoms with Crippen LogP contribution in [0.15, 0.2) is 34.5 Å². The van der Waals surface area contributed by atoms with Crippen LogP contribution in [0.4, 0.5) is 5.69 Å². The molecule has 0 aliphatic heterocycles. The van der Waals surface area contributed by atoms with Gasteiger partial charge in [-0.05, 0) is 36.7 Å². The fourth-order valence-corrected chi connectivity index (χ4v) is 4.55. The smallest absolute Gasteiger partial charge is 0.263 e. The molecular formula is C12H12Cl2N2O2S2. The predicted molar refractivity (Wildman–Crippen MR) is 84.4 cm³/mol. The lowest BCUT2D eigenvalue weighted by Crippen LogP contribution is -2.15. The summed E-state index contributed by atoms with van der Waals surface area (Å²) in [5, 5.41) is 5.38. The monoisotopic (exact) mass is 350 g/mol. The van der Waals surface area contributed by atoms with Gasteiger partial charge in [0.15, 0.2) is 0 Å². The van der Waals surface area contributed by atoms with Crippen molar-refractivity contribution in [3.05, 3.63) is 44.6 Å². The van der Waals surface area contributed by atoms with Crippen LogP contribution < -0.4 is 10.0 Å². The number of halogens is 2. The van der Waals surface area contributed by atoms with Crippen LogP contribution in [0.2, 0.25) is 10.0 Å². The minimum absolute atomic E-state index is 0.243. The molecule has 0 amide bonds. The summed E-state index contributed by atoms with van der Waals surface area (Å²) in [6.07, 6.45) is 0. The molecule has 2 N–H and O–H groups in total. The molecule has 0 aliphatic carbocycles. The van der Waals surface area contributed by atoms with Gasteiger partial charge in [-0.2, -0.15) is 0 Å². The van der Waals surface area contributed by atoms with E-state index >= 15 is 0 Å². The summed E-state index contributed by atoms with van der Waals surface area (Å²) in [6, 6.07) is 6.19. The SMILES string of the molecule is CNCc1sccc1S(=O)(=O)Nc1cc(Cl)ccc1Cl. The lowest BCUT2D eigenvalue weighted by Gasteiger charge is -2.10. The fraction of sp³-hybridized carbons (Fsp3) is 0.167. The summed E-state index contributed by atoms with van der Waals surface area (Å²) in [7, 11) is -1.92. The lowest BCUT2D eigenvalue weighted by atomic mass is 10.3. The van der Waals surface area contributed by atoms with E-state index in [0.717, 1.165) is 4.88 Å². The van der Waals surface area contributed by atoms with E-state index in [1.165, 1.54) is 17.4 Å². The summed E-state index contributed by atoms with van der Waals surface area (Å²) >= 11 is 13.2. The van der Waals surface area contributed by atoms with Crippen molar-refractivity contribution in [1.29, 1.82) is 0 Å². The van der Waals surface area contributed by atoms with Gasteiger partial charge in [-0.15, -0.1) is 11.3 Å². The van der Waals surface area contributed by atoms with Gasteiger partial charge in [-0.3, -0.25) is 4.72 Å². The summed E-state index contributed by atoms with van der Waals surface area (Å²) < 4.78 is 27.2. The van der Waals surface area contributed by atoms with Crippen molar-refractivity contribution in [3.8, 4) is 0 Å². The number of hydrogen-bond donors (Lipinski definition) is 2. The van der Waals surface area contributed by atoms with Gasteiger partial charge in [0, 0.05) is 16.4 Å². The normalized spacial score (nSPS) is 11.6. The zero-order valence-electron chi connectivity index (χ0n) is 10.5. The first-order valence-corrected chi connectivity index (χ1v) is 8.75. The highest BCUT2D eigenvalue weighted by Crippen LogP contribution is 2.29. The quantitative estimate of drug-likeness (QED) is 0.866. The van der Waals surface area contributed by atoms with E-state index < -0.39 is 10.0 Å². The Balaban J connectivity index is 2.36. The summed E-state index contributed by atoms with van der Waals surface area (Å²) in [5.41, 5.74) is 0.265. The van der Waals surface area contributed by atoms with E-state index in [1.54, 1.807) is 30.6 Å². The molecule has 0 radical (unpaired) electrons. The van der Waals surface area contributed by atoms with Crippen LogP contribution in [0.1, 0.15) is 4.88 Å². The molecule has 2 rings (SSSR count). The Morgan fingerprint density at radius 3 is 2.70 bits per heavy atom. The van der Waals surface area contributed by atoms with Gasteiger partial charge >= 0.3 is 0 Å². The second-order valence-electron chi connectivity index (χ2n) is 3.97. The number of thiophene rings is 1. The Hall–Kier alpha value is -0.790. The Bertz CT molecular complexity index is 714. The van der Waals surface area contributed by atoms with Crippen molar-refractivity contribution >= 4 is 50.2 Å². The van der Waals surface area contributed by atoms with Crippen LogP contribution in [-0.2, 0) is 16.6 Å². The minimum atomic E-state index is -3.68. The molecule has 0 fully saturated rings. The average molecular weight is 351 g/mol. The van der Waals surface area contributed by atoms with Crippen molar-refractivity contribution in [2.45, 2.75) is 11.4 Å². The lowest BCUT2D eigenvalue weighted by molar-refractivity contribution is 0.600. The molecule has 0 bridgehead atoms. The van der Waals surface area contributed by atoms with E-state index in [9.17, 15) is 8.42 Å². The highest BCUT2D eigenvalue weighted by atomic mass is 35.5. The van der Waals surface area contributed by atoms with Gasteiger partial charge in [0.25, 0.3) is 10.0 Å². The number of benzene rings is 1. The molecule has 1 aromatic heterocycles. The molecule has 8 heteroatoms. The van der Waals surface area contributed by atoms with Crippen LogP contribution in [0.5, 0.6) is 0 Å². The Morgan fingerprint density at radius 1 is 1.25 bits per heavy atom. The van der Waals surface area contributed by atoms with E-state index in [-0.39, 0.29) is 10.6 Å². The van der Waals surface area contributed by atoms with Gasteiger partial charge in [0.1, 0.15) is 4.90 Å². The molecule has 2 aromatic rings. The highest BCUT2D eigenvalue weighted by Gasteiger charge is 2.20. The third-order valence-electron chi connectivity index (χ3n) is 2.50. The zero-order valence-corrected chi connectivity index (χ0v) is 13.6. The van der Waals surface area contributed by atoms with Crippen LogP contribution >= 0.6 is 34.5 Å². The van der Waals surface area contributed by atoms with E-state index in [2.05, 4.69) is 10.0 Å². The van der Waals surface area contributed by atoms with Gasteiger partial charge < -0.3 is 5.32 Å². The second kappa shape index (κ2) is 6.32. The Kier molecular flexibility index (Phi) is 4.93. The number of sulfonamides is 1. The molecule has 108 valence electrons. The van der Waals surface area contributed by atoms with Crippen molar-refractivity contribution < 1.29 is 8.42 Å². The topological polar surface area (TPSA) is 58.2 Å². The molecule has 1 aromatic carbocycles. The van der Waals surface area contributed by atoms with Crippen LogP contribution in [-0.4, -0.2) is 15.5 Å². The summed E-state index contributed by atoms with van der Waals surface area (Å²) in [4.78, 5) is 0.978. The molecular weight excluding hydrogens is 339 g/mol. The largest absolute Gasteiger partial charge is 0.315 e.